The number of ketones is 1. The number of benzene rings is 1. The van der Waals surface area contributed by atoms with Gasteiger partial charge in [0.25, 0.3) is 0 Å². The molecule has 0 fully saturated rings. The first-order valence-electron chi connectivity index (χ1n) is 5.50. The molecule has 18 heavy (non-hydrogen) atoms. The smallest absolute Gasteiger partial charge is 0.194 e. The molecule has 6 heteroatoms. The highest BCUT2D eigenvalue weighted by molar-refractivity contribution is 9.12. The Morgan fingerprint density at radius 1 is 1.39 bits per heavy atom. The molecule has 3 nitrogen and oxygen atoms in total. The fraction of sp³-hybridized carbons (Fsp3) is 0.417. The van der Waals surface area contributed by atoms with Crippen molar-refractivity contribution in [3.05, 3.63) is 35.6 Å². The summed E-state index contributed by atoms with van der Waals surface area (Å²) < 4.78 is 35.4. The monoisotopic (exact) mass is 336 g/mol. The maximum Gasteiger partial charge on any atom is 0.194 e. The molecule has 0 amide bonds. The molecule has 0 saturated carbocycles. The Hall–Kier alpha value is -0.750. The minimum atomic E-state index is -3.63. The third-order valence-corrected chi connectivity index (χ3v) is 7.37. The summed E-state index contributed by atoms with van der Waals surface area (Å²) in [6.07, 6.45) is 0.0819. The van der Waals surface area contributed by atoms with Crippen LogP contribution in [-0.4, -0.2) is 23.6 Å². The summed E-state index contributed by atoms with van der Waals surface area (Å²) in [7, 11) is -3.63. The van der Waals surface area contributed by atoms with Crippen molar-refractivity contribution < 1.29 is 17.6 Å². The van der Waals surface area contributed by atoms with E-state index in [0.29, 0.717) is 0 Å². The van der Waals surface area contributed by atoms with E-state index in [-0.39, 0.29) is 17.7 Å². The maximum absolute atomic E-state index is 13.1. The first kappa shape index (κ1) is 15.3. The quantitative estimate of drug-likeness (QED) is 0.613. The normalized spacial score (nSPS) is 15.1. The largest absolute Gasteiger partial charge is 0.291 e. The molecule has 1 aromatic rings. The van der Waals surface area contributed by atoms with Gasteiger partial charge in [-0.05, 0) is 18.6 Å². The van der Waals surface area contributed by atoms with Crippen molar-refractivity contribution in [2.75, 3.05) is 5.75 Å². The summed E-state index contributed by atoms with van der Waals surface area (Å²) in [5.74, 6) is -1.36. The molecule has 0 bridgehead atoms. The Bertz CT molecular complexity index is 556. The summed E-state index contributed by atoms with van der Waals surface area (Å²) >= 11 is 3.03. The van der Waals surface area contributed by atoms with Crippen LogP contribution < -0.4 is 0 Å². The molecule has 0 unspecified atom stereocenters. The fourth-order valence-corrected chi connectivity index (χ4v) is 3.81. The van der Waals surface area contributed by atoms with Crippen LogP contribution in [0.1, 0.15) is 30.6 Å². The topological polar surface area (TPSA) is 51.2 Å². The van der Waals surface area contributed by atoms with Gasteiger partial charge in [-0.3, -0.25) is 4.79 Å². The number of alkyl halides is 1. The Balaban J connectivity index is 3.31. The van der Waals surface area contributed by atoms with Crippen molar-refractivity contribution in [2.45, 2.75) is 23.9 Å². The minimum Gasteiger partial charge on any atom is -0.291 e. The number of carbonyl (C=O) groups is 1. The number of sulfone groups is 1. The van der Waals surface area contributed by atoms with Gasteiger partial charge < -0.3 is 0 Å². The van der Waals surface area contributed by atoms with Gasteiger partial charge in [-0.15, -0.1) is 0 Å². The average Bonchev–Trinajstić information content (AvgIpc) is 2.36. The Morgan fingerprint density at radius 3 is 2.44 bits per heavy atom. The van der Waals surface area contributed by atoms with Crippen LogP contribution >= 0.6 is 15.9 Å². The Morgan fingerprint density at radius 2 is 2.00 bits per heavy atom. The first-order chi connectivity index (χ1) is 8.28. The molecule has 1 aromatic carbocycles. The van der Waals surface area contributed by atoms with Crippen LogP contribution in [-0.2, 0) is 9.84 Å². The molecule has 0 heterocycles. The molecule has 0 aliphatic rings. The molecule has 0 aromatic heterocycles. The predicted molar refractivity (Wildman–Crippen MR) is 72.1 cm³/mol. The van der Waals surface area contributed by atoms with E-state index >= 15 is 0 Å². The van der Waals surface area contributed by atoms with Gasteiger partial charge in [-0.1, -0.05) is 41.9 Å². The predicted octanol–water partition coefficient (Wildman–Crippen LogP) is 2.94. The number of hydrogen-bond acceptors (Lipinski definition) is 3. The van der Waals surface area contributed by atoms with E-state index in [4.69, 9.17) is 0 Å². The van der Waals surface area contributed by atoms with Gasteiger partial charge in [0.15, 0.2) is 19.3 Å². The summed E-state index contributed by atoms with van der Waals surface area (Å²) in [6, 6.07) is 5.03. The van der Waals surface area contributed by atoms with Crippen molar-refractivity contribution >= 4 is 31.6 Å². The number of rotatable bonds is 5. The van der Waals surface area contributed by atoms with Crippen molar-refractivity contribution in [1.82, 2.24) is 0 Å². The zero-order valence-electron chi connectivity index (χ0n) is 10.1. The maximum atomic E-state index is 13.1. The van der Waals surface area contributed by atoms with Crippen molar-refractivity contribution in [3.63, 3.8) is 0 Å². The lowest BCUT2D eigenvalue weighted by Gasteiger charge is -2.24. The van der Waals surface area contributed by atoms with Gasteiger partial charge in [0.2, 0.25) is 0 Å². The molecule has 0 radical (unpaired) electrons. The molecule has 0 aliphatic carbocycles. The molecular weight excluding hydrogens is 323 g/mol. The molecule has 100 valence electrons. The third-order valence-electron chi connectivity index (χ3n) is 2.75. The second-order valence-corrected chi connectivity index (χ2v) is 8.21. The number of hydrogen-bond donors (Lipinski definition) is 0. The average molecular weight is 337 g/mol. The fourth-order valence-electron chi connectivity index (χ4n) is 1.60. The highest BCUT2D eigenvalue weighted by Gasteiger charge is 2.45. The van der Waals surface area contributed by atoms with Gasteiger partial charge >= 0.3 is 0 Å². The lowest BCUT2D eigenvalue weighted by Crippen LogP contribution is -2.41. The Kier molecular flexibility index (Phi) is 4.66. The van der Waals surface area contributed by atoms with Crippen LogP contribution in [0.2, 0.25) is 0 Å². The van der Waals surface area contributed by atoms with E-state index in [9.17, 15) is 17.6 Å². The summed E-state index contributed by atoms with van der Waals surface area (Å²) in [5, 5.41) is 0. The van der Waals surface area contributed by atoms with Crippen LogP contribution in [0.4, 0.5) is 4.39 Å². The minimum absolute atomic E-state index is 0.0470. The summed E-state index contributed by atoms with van der Waals surface area (Å²) in [4.78, 5) is 12.3. The van der Waals surface area contributed by atoms with Crippen LogP contribution in [0.5, 0.6) is 0 Å². The van der Waals surface area contributed by atoms with E-state index in [2.05, 4.69) is 15.9 Å². The summed E-state index contributed by atoms with van der Waals surface area (Å²) in [6.45, 7) is 3.07. The molecule has 0 aliphatic heterocycles. The van der Waals surface area contributed by atoms with E-state index in [0.717, 1.165) is 6.07 Å². The number of Topliss-reactive ketones (excluding diaryl/α,β-unsaturated/α-hetero) is 1. The molecule has 0 saturated heterocycles. The van der Waals surface area contributed by atoms with Gasteiger partial charge in [0.1, 0.15) is 5.82 Å². The van der Waals surface area contributed by atoms with Gasteiger partial charge in [0, 0.05) is 11.3 Å². The van der Waals surface area contributed by atoms with E-state index in [1.807, 2.05) is 0 Å². The van der Waals surface area contributed by atoms with Crippen LogP contribution in [0.3, 0.4) is 0 Å². The SMILES string of the molecule is CC[C@@](Br)(C(=O)c1cccc(F)c1)S(=O)(=O)CC. The van der Waals surface area contributed by atoms with Crippen LogP contribution in [0.25, 0.3) is 0 Å². The second-order valence-electron chi connectivity index (χ2n) is 3.82. The molecule has 0 N–H and O–H groups in total. The highest BCUT2D eigenvalue weighted by atomic mass is 79.9. The third kappa shape index (κ3) is 2.64. The molecule has 0 spiro atoms. The van der Waals surface area contributed by atoms with E-state index in [1.54, 1.807) is 6.92 Å². The van der Waals surface area contributed by atoms with Crippen molar-refractivity contribution in [3.8, 4) is 0 Å². The highest BCUT2D eigenvalue weighted by Crippen LogP contribution is 2.34. The van der Waals surface area contributed by atoms with Gasteiger partial charge in [0.05, 0.1) is 0 Å². The van der Waals surface area contributed by atoms with Crippen LogP contribution in [0, 0.1) is 5.82 Å². The van der Waals surface area contributed by atoms with Crippen LogP contribution in [0.15, 0.2) is 24.3 Å². The van der Waals surface area contributed by atoms with E-state index in [1.165, 1.54) is 25.1 Å². The first-order valence-corrected chi connectivity index (χ1v) is 7.94. The van der Waals surface area contributed by atoms with Crippen molar-refractivity contribution in [2.24, 2.45) is 0 Å². The molecule has 1 atom stereocenters. The van der Waals surface area contributed by atoms with Crippen molar-refractivity contribution in [1.29, 1.82) is 0 Å². The number of carbonyl (C=O) groups excluding carboxylic acids is 1. The van der Waals surface area contributed by atoms with Gasteiger partial charge in [-0.25, -0.2) is 12.8 Å². The number of halogens is 2. The zero-order valence-corrected chi connectivity index (χ0v) is 12.5. The molecular formula is C12H14BrFO3S. The zero-order chi connectivity index (χ0) is 14.0. The standard InChI is InChI=1S/C12H14BrFO3S/c1-3-12(13,18(16,17)4-2)11(15)9-6-5-7-10(14)8-9/h5-8H,3-4H2,1-2H3/t12-/m0/s1. The molecule has 1 rings (SSSR count). The van der Waals surface area contributed by atoms with Gasteiger partial charge in [-0.2, -0.15) is 0 Å². The van der Waals surface area contributed by atoms with E-state index < -0.39 is 25.1 Å². The lowest BCUT2D eigenvalue weighted by atomic mass is 10.1. The summed E-state index contributed by atoms with van der Waals surface area (Å²) in [5.41, 5.74) is 0.0470. The second kappa shape index (κ2) is 5.48. The Labute approximate surface area is 114 Å². The lowest BCUT2D eigenvalue weighted by molar-refractivity contribution is 0.0975.